The second kappa shape index (κ2) is 7.66. The molecule has 1 amide bonds. The Kier molecular flexibility index (Phi) is 5.72. The van der Waals surface area contributed by atoms with Crippen molar-refractivity contribution >= 4 is 11.7 Å². The van der Waals surface area contributed by atoms with Gasteiger partial charge in [-0.15, -0.1) is 0 Å². The Morgan fingerprint density at radius 3 is 2.31 bits per heavy atom. The standard InChI is InChI=1S/C24H35NO4/c1-14-17(13-25-15(2)26)11-20-23(3,4)7-6-8-24(20,5)21(14)22(29)16-9-18(27)12-19(28)10-16/h9-10,12,14,17,20-21,27-28H,6-8,11,13H2,1-5H3,(H,25,26). The molecule has 3 rings (SSSR count). The molecular formula is C24H35NO4. The normalized spacial score (nSPS) is 33.6. The minimum Gasteiger partial charge on any atom is -0.508 e. The van der Waals surface area contributed by atoms with Gasteiger partial charge in [-0.2, -0.15) is 0 Å². The van der Waals surface area contributed by atoms with Crippen LogP contribution in [0.3, 0.4) is 0 Å². The van der Waals surface area contributed by atoms with Crippen LogP contribution in [0.15, 0.2) is 18.2 Å². The van der Waals surface area contributed by atoms with E-state index in [0.29, 0.717) is 18.0 Å². The molecule has 1 aromatic rings. The molecule has 0 heterocycles. The molecule has 2 aliphatic carbocycles. The van der Waals surface area contributed by atoms with Gasteiger partial charge in [0, 0.05) is 31.0 Å². The van der Waals surface area contributed by atoms with E-state index in [1.165, 1.54) is 25.1 Å². The molecule has 0 aliphatic heterocycles. The number of fused-ring (bicyclic) bond motifs is 1. The summed E-state index contributed by atoms with van der Waals surface area (Å²) in [5.74, 6) is 0.202. The van der Waals surface area contributed by atoms with Gasteiger partial charge in [0.2, 0.25) is 5.91 Å². The van der Waals surface area contributed by atoms with Crippen molar-refractivity contribution < 1.29 is 19.8 Å². The van der Waals surface area contributed by atoms with Gasteiger partial charge in [-0.25, -0.2) is 0 Å². The van der Waals surface area contributed by atoms with E-state index in [2.05, 4.69) is 33.0 Å². The molecule has 2 aliphatic rings. The zero-order valence-electron chi connectivity index (χ0n) is 18.3. The van der Waals surface area contributed by atoms with E-state index in [0.717, 1.165) is 25.7 Å². The first-order valence-corrected chi connectivity index (χ1v) is 10.8. The number of hydrogen-bond acceptors (Lipinski definition) is 4. The summed E-state index contributed by atoms with van der Waals surface area (Å²) in [7, 11) is 0. The maximum absolute atomic E-state index is 13.8. The van der Waals surface area contributed by atoms with E-state index in [1.807, 2.05) is 0 Å². The Hall–Kier alpha value is -2.04. The van der Waals surface area contributed by atoms with Crippen molar-refractivity contribution in [3.05, 3.63) is 23.8 Å². The van der Waals surface area contributed by atoms with Gasteiger partial charge >= 0.3 is 0 Å². The van der Waals surface area contributed by atoms with Crippen LogP contribution >= 0.6 is 0 Å². The molecule has 5 nitrogen and oxygen atoms in total. The van der Waals surface area contributed by atoms with Crippen LogP contribution < -0.4 is 5.32 Å². The SMILES string of the molecule is CC(=O)NCC1CC2C(C)(C)CCCC2(C)C(C(=O)c2cc(O)cc(O)c2)C1C. The Labute approximate surface area is 173 Å². The number of carbonyl (C=O) groups is 2. The van der Waals surface area contributed by atoms with Gasteiger partial charge in [0.1, 0.15) is 11.5 Å². The van der Waals surface area contributed by atoms with Gasteiger partial charge < -0.3 is 15.5 Å². The van der Waals surface area contributed by atoms with Crippen LogP contribution in [0, 0.1) is 34.5 Å². The quantitative estimate of drug-likeness (QED) is 0.647. The number of Topliss-reactive ketones (excluding diaryl/α,β-unsaturated/α-hetero) is 1. The summed E-state index contributed by atoms with van der Waals surface area (Å²) in [6.45, 7) is 11.1. The fourth-order valence-corrected chi connectivity index (χ4v) is 6.52. The molecule has 1 aromatic carbocycles. The Morgan fingerprint density at radius 2 is 1.72 bits per heavy atom. The lowest BCUT2D eigenvalue weighted by Crippen LogP contribution is -2.57. The molecule has 29 heavy (non-hydrogen) atoms. The molecular weight excluding hydrogens is 366 g/mol. The predicted molar refractivity (Wildman–Crippen MR) is 113 cm³/mol. The lowest BCUT2D eigenvalue weighted by atomic mass is 9.44. The van der Waals surface area contributed by atoms with Gasteiger partial charge in [-0.05, 0) is 60.0 Å². The van der Waals surface area contributed by atoms with Gasteiger partial charge in [0.15, 0.2) is 5.78 Å². The lowest BCUT2D eigenvalue weighted by molar-refractivity contribution is -0.121. The monoisotopic (exact) mass is 401 g/mol. The maximum Gasteiger partial charge on any atom is 0.216 e. The van der Waals surface area contributed by atoms with Gasteiger partial charge in [0.25, 0.3) is 0 Å². The number of nitrogens with one attached hydrogen (secondary N) is 1. The highest BCUT2D eigenvalue weighted by molar-refractivity contribution is 5.99. The van der Waals surface area contributed by atoms with Crippen LogP contribution in [-0.2, 0) is 4.79 Å². The van der Waals surface area contributed by atoms with Crippen molar-refractivity contribution in [3.63, 3.8) is 0 Å². The molecule has 160 valence electrons. The fraction of sp³-hybridized carbons (Fsp3) is 0.667. The molecule has 0 saturated heterocycles. The number of rotatable bonds is 4. The van der Waals surface area contributed by atoms with Crippen molar-refractivity contribution in [2.75, 3.05) is 6.54 Å². The first kappa shape index (κ1) is 21.7. The fourth-order valence-electron chi connectivity index (χ4n) is 6.52. The summed E-state index contributed by atoms with van der Waals surface area (Å²) >= 11 is 0. The average Bonchev–Trinajstić information content (AvgIpc) is 2.58. The Morgan fingerprint density at radius 1 is 1.10 bits per heavy atom. The summed E-state index contributed by atoms with van der Waals surface area (Å²) < 4.78 is 0. The third-order valence-electron chi connectivity index (χ3n) is 7.88. The van der Waals surface area contributed by atoms with Gasteiger partial charge in [0.05, 0.1) is 0 Å². The number of carbonyl (C=O) groups excluding carboxylic acids is 2. The molecule has 5 atom stereocenters. The van der Waals surface area contributed by atoms with Crippen molar-refractivity contribution in [2.45, 2.75) is 60.3 Å². The van der Waals surface area contributed by atoms with E-state index in [4.69, 9.17) is 0 Å². The topological polar surface area (TPSA) is 86.6 Å². The molecule has 2 fully saturated rings. The predicted octanol–water partition coefficient (Wildman–Crippen LogP) is 4.52. The number of amides is 1. The molecule has 0 aromatic heterocycles. The minimum absolute atomic E-state index is 0.0126. The molecule has 5 unspecified atom stereocenters. The Bertz CT molecular complexity index is 782. The van der Waals surface area contributed by atoms with E-state index < -0.39 is 0 Å². The summed E-state index contributed by atoms with van der Waals surface area (Å²) in [4.78, 5) is 25.3. The highest BCUT2D eigenvalue weighted by Gasteiger charge is 2.58. The minimum atomic E-state index is -0.221. The first-order valence-electron chi connectivity index (χ1n) is 10.8. The third-order valence-corrected chi connectivity index (χ3v) is 7.88. The first-order chi connectivity index (χ1) is 13.5. The smallest absolute Gasteiger partial charge is 0.216 e. The van der Waals surface area contributed by atoms with E-state index in [1.54, 1.807) is 0 Å². The number of phenolic OH excluding ortho intramolecular Hbond substituents is 2. The second-order valence-electron chi connectivity index (χ2n) is 10.3. The van der Waals surface area contributed by atoms with Crippen LogP contribution in [0.25, 0.3) is 0 Å². The van der Waals surface area contributed by atoms with Gasteiger partial charge in [-0.3, -0.25) is 9.59 Å². The molecule has 3 N–H and O–H groups in total. The number of benzene rings is 1. The second-order valence-corrected chi connectivity index (χ2v) is 10.3. The van der Waals surface area contributed by atoms with Gasteiger partial charge in [-0.1, -0.05) is 34.1 Å². The van der Waals surface area contributed by atoms with Crippen molar-refractivity contribution in [1.29, 1.82) is 0 Å². The summed E-state index contributed by atoms with van der Waals surface area (Å²) in [6.07, 6.45) is 4.24. The number of phenols is 2. The lowest BCUT2D eigenvalue weighted by Gasteiger charge is -2.60. The van der Waals surface area contributed by atoms with Crippen molar-refractivity contribution in [2.24, 2.45) is 34.5 Å². The summed E-state index contributed by atoms with van der Waals surface area (Å²) in [6, 6.07) is 4.16. The van der Waals surface area contributed by atoms with Crippen LogP contribution in [0.1, 0.15) is 70.7 Å². The largest absolute Gasteiger partial charge is 0.508 e. The molecule has 0 bridgehead atoms. The summed E-state index contributed by atoms with van der Waals surface area (Å²) in [5.41, 5.74) is 0.343. The number of ketones is 1. The van der Waals surface area contributed by atoms with Crippen molar-refractivity contribution in [1.82, 2.24) is 5.32 Å². The Balaban J connectivity index is 2.04. The maximum atomic E-state index is 13.8. The molecule has 2 saturated carbocycles. The summed E-state index contributed by atoms with van der Waals surface area (Å²) in [5, 5.41) is 22.8. The van der Waals surface area contributed by atoms with E-state index >= 15 is 0 Å². The highest BCUT2D eigenvalue weighted by atomic mass is 16.3. The van der Waals surface area contributed by atoms with E-state index in [-0.39, 0.29) is 51.8 Å². The van der Waals surface area contributed by atoms with Crippen LogP contribution in [0.5, 0.6) is 11.5 Å². The van der Waals surface area contributed by atoms with Crippen LogP contribution in [-0.4, -0.2) is 28.4 Å². The molecule has 0 spiro atoms. The number of aromatic hydroxyl groups is 2. The highest BCUT2D eigenvalue weighted by Crippen LogP contribution is 2.62. The van der Waals surface area contributed by atoms with E-state index in [9.17, 15) is 19.8 Å². The van der Waals surface area contributed by atoms with Crippen LogP contribution in [0.4, 0.5) is 0 Å². The molecule has 5 heteroatoms. The third kappa shape index (κ3) is 4.01. The van der Waals surface area contributed by atoms with Crippen molar-refractivity contribution in [3.8, 4) is 11.5 Å². The zero-order chi connectivity index (χ0) is 21.6. The zero-order valence-corrected chi connectivity index (χ0v) is 18.3. The molecule has 0 radical (unpaired) electrons. The van der Waals surface area contributed by atoms with Crippen LogP contribution in [0.2, 0.25) is 0 Å². The number of hydrogen-bond donors (Lipinski definition) is 3. The average molecular weight is 402 g/mol.